The molecule has 0 aliphatic heterocycles. The van der Waals surface area contributed by atoms with E-state index in [1.54, 1.807) is 0 Å². The van der Waals surface area contributed by atoms with Crippen molar-refractivity contribution < 1.29 is 22.7 Å². The smallest absolute Gasteiger partial charge is 0.264 e. The average molecular weight is 370 g/mol. The Kier molecular flexibility index (Phi) is 5.55. The topological polar surface area (TPSA) is 94.8 Å². The summed E-state index contributed by atoms with van der Waals surface area (Å²) in [6, 6.07) is 5.55. The summed E-state index contributed by atoms with van der Waals surface area (Å²) in [6.07, 6.45) is 0. The number of nitrogens with zero attached hydrogens (tertiary/aromatic N) is 2. The van der Waals surface area contributed by atoms with Crippen molar-refractivity contribution in [2.24, 2.45) is 4.99 Å². The normalized spacial score (nSPS) is 12.5. The van der Waals surface area contributed by atoms with Crippen LogP contribution in [0.1, 0.15) is 20.8 Å². The zero-order chi connectivity index (χ0) is 17.9. The maximum atomic E-state index is 11.9. The molecule has 2 rings (SSSR count). The second-order valence-electron chi connectivity index (χ2n) is 4.95. The molecular formula is C15H18N2O5S2. The molecule has 0 fully saturated rings. The summed E-state index contributed by atoms with van der Waals surface area (Å²) in [5.74, 6) is -1.06. The van der Waals surface area contributed by atoms with Crippen LogP contribution in [0.4, 0.5) is 0 Å². The van der Waals surface area contributed by atoms with Gasteiger partial charge in [0.25, 0.3) is 5.91 Å². The van der Waals surface area contributed by atoms with Gasteiger partial charge in [0.1, 0.15) is 11.5 Å². The van der Waals surface area contributed by atoms with Crippen molar-refractivity contribution in [2.75, 3.05) is 12.4 Å². The quantitative estimate of drug-likeness (QED) is 0.795. The first kappa shape index (κ1) is 18.3. The monoisotopic (exact) mass is 370 g/mol. The largest absolute Gasteiger partial charge is 0.494 e. The van der Waals surface area contributed by atoms with Gasteiger partial charge in [0, 0.05) is 13.5 Å². The number of aromatic nitrogens is 1. The van der Waals surface area contributed by atoms with Crippen molar-refractivity contribution in [2.45, 2.75) is 27.3 Å². The molecule has 0 N–H and O–H groups in total. The third-order valence-electron chi connectivity index (χ3n) is 3.25. The number of carbonyl (C=O) groups excluding carboxylic acids is 2. The molecule has 1 aromatic carbocycles. The Balaban J connectivity index is 2.47. The lowest BCUT2D eigenvalue weighted by atomic mass is 10.3. The van der Waals surface area contributed by atoms with E-state index in [4.69, 9.17) is 4.74 Å². The van der Waals surface area contributed by atoms with Crippen molar-refractivity contribution in [3.8, 4) is 5.75 Å². The number of fused-ring (bicyclic) bond motifs is 1. The summed E-state index contributed by atoms with van der Waals surface area (Å²) in [4.78, 5) is 27.2. The lowest BCUT2D eigenvalue weighted by Crippen LogP contribution is -2.23. The lowest BCUT2D eigenvalue weighted by molar-refractivity contribution is -0.116. The number of ether oxygens (including phenoxy) is 1. The number of carbonyl (C=O) groups is 2. The van der Waals surface area contributed by atoms with E-state index in [2.05, 4.69) is 4.99 Å². The molecule has 130 valence electrons. The van der Waals surface area contributed by atoms with Gasteiger partial charge in [-0.1, -0.05) is 11.3 Å². The van der Waals surface area contributed by atoms with Gasteiger partial charge < -0.3 is 9.30 Å². The summed E-state index contributed by atoms with van der Waals surface area (Å²) >= 11 is 1.27. The third-order valence-corrected chi connectivity index (χ3v) is 5.80. The van der Waals surface area contributed by atoms with E-state index in [1.807, 2.05) is 36.6 Å². The van der Waals surface area contributed by atoms with Crippen LogP contribution in [0.2, 0.25) is 0 Å². The highest BCUT2D eigenvalue weighted by atomic mass is 32.2. The van der Waals surface area contributed by atoms with Gasteiger partial charge >= 0.3 is 0 Å². The average Bonchev–Trinajstić information content (AvgIpc) is 2.82. The third kappa shape index (κ3) is 3.90. The number of hydrogen-bond donors (Lipinski definition) is 0. The molecule has 0 unspecified atom stereocenters. The SMILES string of the molecule is CCOc1ccc2c(c1)sc(=NC(=O)CS(=O)(=O)C(C)=O)n2CC. The summed E-state index contributed by atoms with van der Waals surface area (Å²) in [7, 11) is -4.09. The van der Waals surface area contributed by atoms with Crippen LogP contribution in [0.15, 0.2) is 23.2 Å². The van der Waals surface area contributed by atoms with Crippen LogP contribution in [0.3, 0.4) is 0 Å². The van der Waals surface area contributed by atoms with Gasteiger partial charge in [-0.25, -0.2) is 8.42 Å². The molecular weight excluding hydrogens is 352 g/mol. The van der Waals surface area contributed by atoms with E-state index in [9.17, 15) is 18.0 Å². The summed E-state index contributed by atoms with van der Waals surface area (Å²) in [5, 5.41) is -1.04. The molecule has 0 saturated heterocycles. The predicted molar refractivity (Wildman–Crippen MR) is 91.7 cm³/mol. The Morgan fingerprint density at radius 2 is 2.00 bits per heavy atom. The fraction of sp³-hybridized carbons (Fsp3) is 0.400. The fourth-order valence-electron chi connectivity index (χ4n) is 2.10. The van der Waals surface area contributed by atoms with E-state index in [1.165, 1.54) is 11.3 Å². The van der Waals surface area contributed by atoms with Crippen molar-refractivity contribution in [3.63, 3.8) is 0 Å². The highest BCUT2D eigenvalue weighted by Crippen LogP contribution is 2.23. The first-order chi connectivity index (χ1) is 11.3. The maximum Gasteiger partial charge on any atom is 0.264 e. The predicted octanol–water partition coefficient (Wildman–Crippen LogP) is 1.51. The Bertz CT molecular complexity index is 954. The van der Waals surface area contributed by atoms with E-state index < -0.39 is 26.6 Å². The van der Waals surface area contributed by atoms with Gasteiger partial charge in [-0.15, -0.1) is 0 Å². The van der Waals surface area contributed by atoms with E-state index >= 15 is 0 Å². The fourth-order valence-corrected chi connectivity index (χ4v) is 3.84. The molecule has 0 aliphatic carbocycles. The van der Waals surface area contributed by atoms with E-state index in [0.29, 0.717) is 23.7 Å². The van der Waals surface area contributed by atoms with Crippen LogP contribution in [-0.4, -0.2) is 36.4 Å². The van der Waals surface area contributed by atoms with E-state index in [-0.39, 0.29) is 0 Å². The van der Waals surface area contributed by atoms with Gasteiger partial charge in [0.2, 0.25) is 15.0 Å². The molecule has 7 nitrogen and oxygen atoms in total. The molecule has 0 radical (unpaired) electrons. The van der Waals surface area contributed by atoms with Crippen LogP contribution < -0.4 is 9.54 Å². The van der Waals surface area contributed by atoms with Gasteiger partial charge in [-0.2, -0.15) is 4.99 Å². The zero-order valence-electron chi connectivity index (χ0n) is 13.6. The Morgan fingerprint density at radius 3 is 2.58 bits per heavy atom. The van der Waals surface area contributed by atoms with Crippen molar-refractivity contribution >= 4 is 42.4 Å². The molecule has 0 atom stereocenters. The maximum absolute atomic E-state index is 11.9. The molecule has 24 heavy (non-hydrogen) atoms. The molecule has 0 bridgehead atoms. The highest BCUT2D eigenvalue weighted by Gasteiger charge is 2.21. The minimum Gasteiger partial charge on any atom is -0.494 e. The first-order valence-electron chi connectivity index (χ1n) is 7.35. The minimum atomic E-state index is -4.09. The summed E-state index contributed by atoms with van der Waals surface area (Å²) < 4.78 is 31.2. The number of rotatable bonds is 5. The van der Waals surface area contributed by atoms with Gasteiger partial charge in [-0.3, -0.25) is 9.59 Å². The van der Waals surface area contributed by atoms with Gasteiger partial charge in [0.15, 0.2) is 4.80 Å². The molecule has 9 heteroatoms. The Labute approximate surface area is 143 Å². The van der Waals surface area contributed by atoms with Crippen LogP contribution in [0.25, 0.3) is 10.2 Å². The number of amides is 1. The molecule has 0 spiro atoms. The van der Waals surface area contributed by atoms with Crippen LogP contribution >= 0.6 is 11.3 Å². The standard InChI is InChI=1S/C15H18N2O5S2/c1-4-17-12-7-6-11(22-5-2)8-13(12)23-15(17)16-14(19)9-24(20,21)10(3)18/h6-8H,4-5,9H2,1-3H3. The number of sulfone groups is 1. The Hall–Kier alpha value is -2.00. The molecule has 1 amide bonds. The number of benzene rings is 1. The second-order valence-corrected chi connectivity index (χ2v) is 8.05. The minimum absolute atomic E-state index is 0.393. The molecule has 0 aliphatic rings. The number of aryl methyl sites for hydroxylation is 1. The summed E-state index contributed by atoms with van der Waals surface area (Å²) in [5.41, 5.74) is 0.881. The first-order valence-corrected chi connectivity index (χ1v) is 9.82. The highest BCUT2D eigenvalue weighted by molar-refractivity contribution is 8.06. The van der Waals surface area contributed by atoms with Crippen LogP contribution in [0, 0.1) is 0 Å². The van der Waals surface area contributed by atoms with Crippen molar-refractivity contribution in [3.05, 3.63) is 23.0 Å². The van der Waals surface area contributed by atoms with E-state index in [0.717, 1.165) is 17.1 Å². The van der Waals surface area contributed by atoms with Gasteiger partial charge in [0.05, 0.1) is 16.8 Å². The second kappa shape index (κ2) is 7.27. The van der Waals surface area contributed by atoms with Crippen LogP contribution in [0.5, 0.6) is 5.75 Å². The molecule has 2 aromatic rings. The summed E-state index contributed by atoms with van der Waals surface area (Å²) in [6.45, 7) is 5.82. The number of thiazole rings is 1. The number of hydrogen-bond acceptors (Lipinski definition) is 6. The zero-order valence-corrected chi connectivity index (χ0v) is 15.2. The van der Waals surface area contributed by atoms with Crippen LogP contribution in [-0.2, 0) is 26.0 Å². The van der Waals surface area contributed by atoms with Crippen molar-refractivity contribution in [1.29, 1.82) is 0 Å². The Morgan fingerprint density at radius 1 is 1.29 bits per heavy atom. The molecule has 1 aromatic heterocycles. The van der Waals surface area contributed by atoms with Gasteiger partial charge in [-0.05, 0) is 32.0 Å². The molecule has 0 saturated carbocycles. The molecule has 1 heterocycles. The lowest BCUT2D eigenvalue weighted by Gasteiger charge is -2.03. The van der Waals surface area contributed by atoms with Crippen molar-refractivity contribution in [1.82, 2.24) is 4.57 Å².